The monoisotopic (exact) mass is 416 g/mol. The van der Waals surface area contributed by atoms with Crippen molar-refractivity contribution in [2.75, 3.05) is 20.2 Å². The Hall–Kier alpha value is -1.64. The molecule has 1 aromatic carbocycles. The Kier molecular flexibility index (Phi) is 7.25. The van der Waals surface area contributed by atoms with Crippen LogP contribution in [0.4, 0.5) is 0 Å². The maximum absolute atomic E-state index is 12.8. The predicted molar refractivity (Wildman–Crippen MR) is 102 cm³/mol. The van der Waals surface area contributed by atoms with Crippen LogP contribution in [0.5, 0.6) is 0 Å². The van der Waals surface area contributed by atoms with Gasteiger partial charge in [-0.05, 0) is 43.0 Å². The number of amides is 1. The van der Waals surface area contributed by atoms with Gasteiger partial charge in [0.2, 0.25) is 15.9 Å². The molecule has 1 saturated heterocycles. The number of carbonyl (C=O) groups is 2. The molecule has 0 saturated carbocycles. The highest BCUT2D eigenvalue weighted by atomic mass is 35.5. The molecule has 1 aromatic rings. The average Bonchev–Trinajstić information content (AvgIpc) is 2.65. The Labute approximate surface area is 165 Å². The Bertz CT molecular complexity index is 779. The SMILES string of the molecule is COC(=O)[C@@H](NC(=O)[C@H]1CCCN(S(=O)(=O)c2ccc(Cl)cc2)C1)C(C)C. The summed E-state index contributed by atoms with van der Waals surface area (Å²) in [6, 6.07) is 5.19. The zero-order valence-corrected chi connectivity index (χ0v) is 17.2. The van der Waals surface area contributed by atoms with E-state index in [4.69, 9.17) is 16.3 Å². The van der Waals surface area contributed by atoms with Crippen LogP contribution in [0.2, 0.25) is 5.02 Å². The number of hydrogen-bond donors (Lipinski definition) is 1. The van der Waals surface area contributed by atoms with Crippen LogP contribution in [0.25, 0.3) is 0 Å². The van der Waals surface area contributed by atoms with Crippen LogP contribution in [0.1, 0.15) is 26.7 Å². The highest BCUT2D eigenvalue weighted by Gasteiger charge is 2.35. The van der Waals surface area contributed by atoms with Crippen molar-refractivity contribution < 1.29 is 22.7 Å². The largest absolute Gasteiger partial charge is 0.467 e. The zero-order valence-electron chi connectivity index (χ0n) is 15.6. The molecule has 2 rings (SSSR count). The van der Waals surface area contributed by atoms with Crippen LogP contribution in [-0.2, 0) is 24.3 Å². The minimum absolute atomic E-state index is 0.0722. The normalized spacial score (nSPS) is 19.5. The third-order valence-corrected chi connectivity index (χ3v) is 6.76. The molecule has 0 spiro atoms. The number of halogens is 1. The topological polar surface area (TPSA) is 92.8 Å². The van der Waals surface area contributed by atoms with Gasteiger partial charge in [0.25, 0.3) is 0 Å². The van der Waals surface area contributed by atoms with Gasteiger partial charge in [-0.2, -0.15) is 4.31 Å². The quantitative estimate of drug-likeness (QED) is 0.716. The summed E-state index contributed by atoms with van der Waals surface area (Å²) in [7, 11) is -2.44. The maximum Gasteiger partial charge on any atom is 0.328 e. The van der Waals surface area contributed by atoms with E-state index in [9.17, 15) is 18.0 Å². The lowest BCUT2D eigenvalue weighted by Gasteiger charge is -2.32. The van der Waals surface area contributed by atoms with Gasteiger partial charge >= 0.3 is 5.97 Å². The number of carbonyl (C=O) groups excluding carboxylic acids is 2. The number of benzene rings is 1. The standard InChI is InChI=1S/C18H25ClN2O5S/c1-12(2)16(18(23)26-3)20-17(22)13-5-4-10-21(11-13)27(24,25)15-8-6-14(19)7-9-15/h6-9,12-13,16H,4-5,10-11H2,1-3H3,(H,20,22)/t13-,16-/m0/s1. The van der Waals surface area contributed by atoms with Crippen LogP contribution in [0, 0.1) is 11.8 Å². The lowest BCUT2D eigenvalue weighted by Crippen LogP contribution is -2.51. The summed E-state index contributed by atoms with van der Waals surface area (Å²) >= 11 is 5.82. The number of ether oxygens (including phenoxy) is 1. The number of sulfonamides is 1. The number of rotatable bonds is 6. The van der Waals surface area contributed by atoms with Crippen molar-refractivity contribution in [1.82, 2.24) is 9.62 Å². The molecule has 1 aliphatic heterocycles. The van der Waals surface area contributed by atoms with Crippen LogP contribution < -0.4 is 5.32 Å². The van der Waals surface area contributed by atoms with Gasteiger partial charge in [0.15, 0.2) is 0 Å². The van der Waals surface area contributed by atoms with Crippen molar-refractivity contribution in [2.24, 2.45) is 11.8 Å². The van der Waals surface area contributed by atoms with Crippen LogP contribution in [0.15, 0.2) is 29.2 Å². The van der Waals surface area contributed by atoms with Gasteiger partial charge in [-0.3, -0.25) is 4.79 Å². The minimum Gasteiger partial charge on any atom is -0.467 e. The second kappa shape index (κ2) is 9.03. The second-order valence-electron chi connectivity index (χ2n) is 6.91. The number of piperidine rings is 1. The van der Waals surface area contributed by atoms with Gasteiger partial charge in [0.1, 0.15) is 6.04 Å². The summed E-state index contributed by atoms with van der Waals surface area (Å²) in [5, 5.41) is 3.15. The Morgan fingerprint density at radius 1 is 1.26 bits per heavy atom. The first-order valence-electron chi connectivity index (χ1n) is 8.80. The molecular weight excluding hydrogens is 392 g/mol. The lowest BCUT2D eigenvalue weighted by molar-refractivity contribution is -0.147. The van der Waals surface area contributed by atoms with Crippen LogP contribution in [-0.4, -0.2) is 50.8 Å². The van der Waals surface area contributed by atoms with Gasteiger partial charge < -0.3 is 10.1 Å². The highest BCUT2D eigenvalue weighted by molar-refractivity contribution is 7.89. The minimum atomic E-state index is -3.71. The van der Waals surface area contributed by atoms with E-state index in [0.29, 0.717) is 24.4 Å². The first kappa shape index (κ1) is 21.7. The molecule has 7 nitrogen and oxygen atoms in total. The molecule has 9 heteroatoms. The van der Waals surface area contributed by atoms with E-state index < -0.39 is 28.0 Å². The molecule has 1 heterocycles. The van der Waals surface area contributed by atoms with E-state index in [0.717, 1.165) is 0 Å². The van der Waals surface area contributed by atoms with Crippen molar-refractivity contribution in [2.45, 2.75) is 37.6 Å². The van der Waals surface area contributed by atoms with E-state index in [2.05, 4.69) is 5.32 Å². The lowest BCUT2D eigenvalue weighted by atomic mass is 9.97. The number of hydrogen-bond acceptors (Lipinski definition) is 5. The van der Waals surface area contributed by atoms with E-state index >= 15 is 0 Å². The molecule has 1 N–H and O–H groups in total. The first-order valence-corrected chi connectivity index (χ1v) is 10.6. The molecule has 0 radical (unpaired) electrons. The average molecular weight is 417 g/mol. The highest BCUT2D eigenvalue weighted by Crippen LogP contribution is 2.25. The molecule has 2 atom stereocenters. The number of nitrogens with one attached hydrogen (secondary N) is 1. The molecule has 150 valence electrons. The Balaban J connectivity index is 2.11. The fourth-order valence-electron chi connectivity index (χ4n) is 3.03. The molecule has 27 heavy (non-hydrogen) atoms. The van der Waals surface area contributed by atoms with Gasteiger partial charge in [-0.15, -0.1) is 0 Å². The second-order valence-corrected chi connectivity index (χ2v) is 9.28. The number of methoxy groups -OCH3 is 1. The third kappa shape index (κ3) is 5.21. The summed E-state index contributed by atoms with van der Waals surface area (Å²) in [4.78, 5) is 24.6. The van der Waals surface area contributed by atoms with Crippen molar-refractivity contribution in [3.8, 4) is 0 Å². The summed E-state index contributed by atoms with van der Waals surface area (Å²) in [6.45, 7) is 4.03. The predicted octanol–water partition coefficient (Wildman–Crippen LogP) is 2.05. The van der Waals surface area contributed by atoms with E-state index in [1.54, 1.807) is 13.8 Å². The van der Waals surface area contributed by atoms with E-state index in [1.165, 1.54) is 35.7 Å². The third-order valence-electron chi connectivity index (χ3n) is 4.63. The van der Waals surface area contributed by atoms with Gasteiger partial charge in [0.05, 0.1) is 17.9 Å². The Morgan fingerprint density at radius 2 is 1.89 bits per heavy atom. The molecule has 1 amide bonds. The van der Waals surface area contributed by atoms with Gasteiger partial charge in [0, 0.05) is 18.1 Å². The van der Waals surface area contributed by atoms with Crippen LogP contribution >= 0.6 is 11.6 Å². The van der Waals surface area contributed by atoms with Gasteiger partial charge in [-0.25, -0.2) is 13.2 Å². The van der Waals surface area contributed by atoms with E-state index in [1.807, 2.05) is 0 Å². The van der Waals surface area contributed by atoms with Crippen molar-refractivity contribution >= 4 is 33.5 Å². The van der Waals surface area contributed by atoms with Crippen LogP contribution in [0.3, 0.4) is 0 Å². The number of esters is 1. The summed E-state index contributed by atoms with van der Waals surface area (Å²) < 4.78 is 31.7. The molecule has 0 aromatic heterocycles. The molecule has 0 unspecified atom stereocenters. The maximum atomic E-state index is 12.8. The molecule has 1 fully saturated rings. The fourth-order valence-corrected chi connectivity index (χ4v) is 4.68. The molecular formula is C18H25ClN2O5S. The van der Waals surface area contributed by atoms with Crippen molar-refractivity contribution in [3.05, 3.63) is 29.3 Å². The number of nitrogens with zero attached hydrogens (tertiary/aromatic N) is 1. The Morgan fingerprint density at radius 3 is 2.44 bits per heavy atom. The molecule has 0 aliphatic carbocycles. The first-order chi connectivity index (χ1) is 12.7. The summed E-state index contributed by atoms with van der Waals surface area (Å²) in [5.41, 5.74) is 0. The molecule has 1 aliphatic rings. The molecule has 0 bridgehead atoms. The zero-order chi connectivity index (χ0) is 20.2. The smallest absolute Gasteiger partial charge is 0.328 e. The van der Waals surface area contributed by atoms with E-state index in [-0.39, 0.29) is 23.3 Å². The fraction of sp³-hybridized carbons (Fsp3) is 0.556. The van der Waals surface area contributed by atoms with Gasteiger partial charge in [-0.1, -0.05) is 25.4 Å². The van der Waals surface area contributed by atoms with Crippen molar-refractivity contribution in [3.63, 3.8) is 0 Å². The summed E-state index contributed by atoms with van der Waals surface area (Å²) in [6.07, 6.45) is 1.12. The van der Waals surface area contributed by atoms with Crippen molar-refractivity contribution in [1.29, 1.82) is 0 Å². The summed E-state index contributed by atoms with van der Waals surface area (Å²) in [5.74, 6) is -1.51.